The average molecular weight is 205 g/mol. The molecule has 0 radical (unpaired) electrons. The summed E-state index contributed by atoms with van der Waals surface area (Å²) in [6, 6.07) is 8.54. The summed E-state index contributed by atoms with van der Waals surface area (Å²) in [5.74, 6) is 0. The van der Waals surface area contributed by atoms with Crippen LogP contribution in [-0.2, 0) is 6.54 Å². The smallest absolute Gasteiger partial charge is 0.107 e. The molecule has 0 fully saturated rings. The molecule has 0 saturated heterocycles. The maximum absolute atomic E-state index is 4.07. The standard InChI is InChI=1S/C10H13N3.C2H6/c1-9-2-4-10(5-3-9)6-13-8-11-7-12-13;1-2/h2-5,8,12H,6-7H2,1H3;1-2H3. The number of nitrogens with one attached hydrogen (secondary N) is 1. The number of hydrazine groups is 1. The fourth-order valence-corrected chi connectivity index (χ4v) is 1.30. The first-order chi connectivity index (χ1) is 7.34. The second-order valence-corrected chi connectivity index (χ2v) is 3.23. The summed E-state index contributed by atoms with van der Waals surface area (Å²) in [6.45, 7) is 7.68. The van der Waals surface area contributed by atoms with Crippen LogP contribution in [0.3, 0.4) is 0 Å². The molecular formula is C12H19N3. The van der Waals surface area contributed by atoms with Crippen LogP contribution < -0.4 is 5.43 Å². The number of nitrogens with zero attached hydrogens (tertiary/aromatic N) is 2. The van der Waals surface area contributed by atoms with E-state index in [-0.39, 0.29) is 0 Å². The average Bonchev–Trinajstić information content (AvgIpc) is 2.77. The van der Waals surface area contributed by atoms with Crippen LogP contribution in [0.4, 0.5) is 0 Å². The van der Waals surface area contributed by atoms with Gasteiger partial charge in [0.2, 0.25) is 0 Å². The quantitative estimate of drug-likeness (QED) is 0.802. The highest BCUT2D eigenvalue weighted by atomic mass is 15.6. The van der Waals surface area contributed by atoms with Crippen LogP contribution in [-0.4, -0.2) is 18.0 Å². The molecule has 0 spiro atoms. The Bertz CT molecular complexity index is 303. The molecule has 1 aliphatic heterocycles. The van der Waals surface area contributed by atoms with Gasteiger partial charge >= 0.3 is 0 Å². The van der Waals surface area contributed by atoms with Crippen molar-refractivity contribution >= 4 is 6.34 Å². The lowest BCUT2D eigenvalue weighted by molar-refractivity contribution is 0.342. The van der Waals surface area contributed by atoms with Gasteiger partial charge in [-0.3, -0.25) is 10.0 Å². The monoisotopic (exact) mass is 205 g/mol. The normalized spacial score (nSPS) is 13.7. The first-order valence-electron chi connectivity index (χ1n) is 5.40. The molecule has 0 unspecified atom stereocenters. The summed E-state index contributed by atoms with van der Waals surface area (Å²) in [7, 11) is 0. The van der Waals surface area contributed by atoms with E-state index in [1.54, 1.807) is 0 Å². The third kappa shape index (κ3) is 3.72. The van der Waals surface area contributed by atoms with E-state index in [0.29, 0.717) is 6.67 Å². The number of benzene rings is 1. The number of rotatable bonds is 2. The van der Waals surface area contributed by atoms with Crippen molar-refractivity contribution in [2.45, 2.75) is 27.3 Å². The van der Waals surface area contributed by atoms with Crippen LogP contribution in [0, 0.1) is 6.92 Å². The predicted octanol–water partition coefficient (Wildman–Crippen LogP) is 2.33. The van der Waals surface area contributed by atoms with Crippen molar-refractivity contribution in [3.8, 4) is 0 Å². The molecule has 1 N–H and O–H groups in total. The lowest BCUT2D eigenvalue weighted by atomic mass is 10.1. The van der Waals surface area contributed by atoms with Crippen LogP contribution in [0.1, 0.15) is 25.0 Å². The van der Waals surface area contributed by atoms with Crippen molar-refractivity contribution < 1.29 is 0 Å². The summed E-state index contributed by atoms with van der Waals surface area (Å²) in [5.41, 5.74) is 5.73. The summed E-state index contributed by atoms with van der Waals surface area (Å²) < 4.78 is 0. The minimum atomic E-state index is 0.700. The van der Waals surface area contributed by atoms with Crippen molar-refractivity contribution in [3.63, 3.8) is 0 Å². The summed E-state index contributed by atoms with van der Waals surface area (Å²) >= 11 is 0. The third-order valence-corrected chi connectivity index (χ3v) is 2.06. The summed E-state index contributed by atoms with van der Waals surface area (Å²) in [4.78, 5) is 4.07. The van der Waals surface area contributed by atoms with Gasteiger partial charge in [-0.15, -0.1) is 0 Å². The van der Waals surface area contributed by atoms with Crippen LogP contribution in [0.2, 0.25) is 0 Å². The number of aryl methyl sites for hydroxylation is 1. The first-order valence-corrected chi connectivity index (χ1v) is 5.40. The van der Waals surface area contributed by atoms with Gasteiger partial charge in [0.1, 0.15) is 13.0 Å². The fraction of sp³-hybridized carbons (Fsp3) is 0.417. The van der Waals surface area contributed by atoms with Gasteiger partial charge in [0.15, 0.2) is 0 Å². The second kappa shape index (κ2) is 6.19. The second-order valence-electron chi connectivity index (χ2n) is 3.23. The molecule has 3 nitrogen and oxygen atoms in total. The maximum Gasteiger partial charge on any atom is 0.107 e. The molecule has 0 aliphatic carbocycles. The van der Waals surface area contributed by atoms with E-state index < -0.39 is 0 Å². The first kappa shape index (κ1) is 11.7. The summed E-state index contributed by atoms with van der Waals surface area (Å²) in [5, 5.41) is 1.99. The van der Waals surface area contributed by atoms with Gasteiger partial charge in [-0.1, -0.05) is 43.7 Å². The molecule has 0 aromatic heterocycles. The van der Waals surface area contributed by atoms with Gasteiger partial charge in [-0.2, -0.15) is 0 Å². The highest BCUT2D eigenvalue weighted by molar-refractivity contribution is 5.55. The molecular weight excluding hydrogens is 186 g/mol. The van der Waals surface area contributed by atoms with Crippen molar-refractivity contribution in [2.75, 3.05) is 6.67 Å². The van der Waals surface area contributed by atoms with Crippen molar-refractivity contribution in [1.82, 2.24) is 10.4 Å². The largest absolute Gasteiger partial charge is 0.292 e. The molecule has 0 amide bonds. The zero-order valence-corrected chi connectivity index (χ0v) is 9.70. The van der Waals surface area contributed by atoms with Gasteiger partial charge in [0, 0.05) is 0 Å². The Morgan fingerprint density at radius 3 is 2.47 bits per heavy atom. The fourth-order valence-electron chi connectivity index (χ4n) is 1.30. The van der Waals surface area contributed by atoms with Crippen molar-refractivity contribution in [3.05, 3.63) is 35.4 Å². The molecule has 2 rings (SSSR count). The SMILES string of the molecule is CC.Cc1ccc(CN2C=NCN2)cc1. The molecule has 1 aliphatic rings. The number of hydrogen-bond acceptors (Lipinski definition) is 3. The molecule has 0 bridgehead atoms. The molecule has 0 atom stereocenters. The van der Waals surface area contributed by atoms with Crippen LogP contribution in [0.5, 0.6) is 0 Å². The Kier molecular flexibility index (Phi) is 4.84. The van der Waals surface area contributed by atoms with E-state index in [9.17, 15) is 0 Å². The van der Waals surface area contributed by atoms with E-state index in [1.165, 1.54) is 11.1 Å². The van der Waals surface area contributed by atoms with E-state index in [1.807, 2.05) is 25.2 Å². The Morgan fingerprint density at radius 1 is 1.27 bits per heavy atom. The molecule has 1 aromatic rings. The van der Waals surface area contributed by atoms with Gasteiger partial charge in [-0.25, -0.2) is 5.43 Å². The van der Waals surface area contributed by atoms with Gasteiger partial charge in [0.25, 0.3) is 0 Å². The lowest BCUT2D eigenvalue weighted by Gasteiger charge is -2.13. The molecule has 82 valence electrons. The minimum absolute atomic E-state index is 0.700. The zero-order chi connectivity index (χ0) is 11.1. The maximum atomic E-state index is 4.07. The van der Waals surface area contributed by atoms with Gasteiger partial charge in [-0.05, 0) is 12.5 Å². The Labute approximate surface area is 91.8 Å². The lowest BCUT2D eigenvalue weighted by Crippen LogP contribution is -2.30. The Morgan fingerprint density at radius 2 is 1.93 bits per heavy atom. The van der Waals surface area contributed by atoms with Crippen molar-refractivity contribution in [2.24, 2.45) is 4.99 Å². The topological polar surface area (TPSA) is 27.6 Å². The van der Waals surface area contributed by atoms with Crippen LogP contribution in [0.25, 0.3) is 0 Å². The minimum Gasteiger partial charge on any atom is -0.292 e. The summed E-state index contributed by atoms with van der Waals surface area (Å²) in [6.07, 6.45) is 1.83. The highest BCUT2D eigenvalue weighted by Gasteiger charge is 2.03. The van der Waals surface area contributed by atoms with Crippen LogP contribution >= 0.6 is 0 Å². The molecule has 3 heteroatoms. The Hall–Kier alpha value is -1.35. The van der Waals surface area contributed by atoms with E-state index >= 15 is 0 Å². The zero-order valence-electron chi connectivity index (χ0n) is 9.70. The van der Waals surface area contributed by atoms with Crippen LogP contribution in [0.15, 0.2) is 29.3 Å². The van der Waals surface area contributed by atoms with E-state index in [2.05, 4.69) is 41.6 Å². The van der Waals surface area contributed by atoms with E-state index in [0.717, 1.165) is 6.54 Å². The molecule has 0 saturated carbocycles. The van der Waals surface area contributed by atoms with E-state index in [4.69, 9.17) is 0 Å². The number of hydrogen-bond donors (Lipinski definition) is 1. The van der Waals surface area contributed by atoms with Gasteiger partial charge in [0.05, 0.1) is 6.54 Å². The van der Waals surface area contributed by atoms with Crippen molar-refractivity contribution in [1.29, 1.82) is 0 Å². The molecule has 1 heterocycles. The van der Waals surface area contributed by atoms with Gasteiger partial charge < -0.3 is 0 Å². The number of aliphatic imine (C=N–C) groups is 1. The predicted molar refractivity (Wildman–Crippen MR) is 64.6 cm³/mol. The highest BCUT2D eigenvalue weighted by Crippen LogP contribution is 2.05. The molecule has 1 aromatic carbocycles. The Balaban J connectivity index is 0.000000531. The molecule has 15 heavy (non-hydrogen) atoms. The third-order valence-electron chi connectivity index (χ3n) is 2.06.